The second-order valence-electron chi connectivity index (χ2n) is 8.99. The molecule has 1 aromatic heterocycles. The summed E-state index contributed by atoms with van der Waals surface area (Å²) >= 11 is 0. The van der Waals surface area contributed by atoms with E-state index in [4.69, 9.17) is 9.47 Å². The van der Waals surface area contributed by atoms with Crippen LogP contribution in [-0.4, -0.2) is 65.5 Å². The van der Waals surface area contributed by atoms with Crippen molar-refractivity contribution in [3.63, 3.8) is 0 Å². The van der Waals surface area contributed by atoms with Gasteiger partial charge in [-0.1, -0.05) is 18.2 Å². The zero-order chi connectivity index (χ0) is 22.7. The summed E-state index contributed by atoms with van der Waals surface area (Å²) in [4.78, 5) is 4.85. The van der Waals surface area contributed by atoms with E-state index < -0.39 is 0 Å². The Morgan fingerprint density at radius 2 is 1.62 bits per heavy atom. The topological polar surface area (TPSA) is 68.5 Å². The third-order valence-electron chi connectivity index (χ3n) is 5.91. The highest BCUT2D eigenvalue weighted by atomic mass is 16.5. The summed E-state index contributed by atoms with van der Waals surface area (Å²) in [5, 5.41) is 12.9. The molecule has 0 N–H and O–H groups in total. The van der Waals surface area contributed by atoms with Crippen LogP contribution in [0, 0.1) is 0 Å². The third kappa shape index (κ3) is 4.41. The molecule has 1 saturated heterocycles. The summed E-state index contributed by atoms with van der Waals surface area (Å²) in [5.41, 5.74) is 2.00. The number of nitrogens with zero attached hydrogens (tertiary/aromatic N) is 6. The first-order chi connectivity index (χ1) is 15.4. The quantitative estimate of drug-likeness (QED) is 0.587. The Morgan fingerprint density at radius 1 is 0.906 bits per heavy atom. The van der Waals surface area contributed by atoms with Crippen molar-refractivity contribution in [1.82, 2.24) is 25.1 Å². The number of para-hydroxylation sites is 1. The highest BCUT2D eigenvalue weighted by Gasteiger charge is 2.35. The lowest BCUT2D eigenvalue weighted by Crippen LogP contribution is -2.48. The predicted octanol–water partition coefficient (Wildman–Crippen LogP) is 3.36. The summed E-state index contributed by atoms with van der Waals surface area (Å²) in [6.07, 6.45) is 0. The Balaban J connectivity index is 1.73. The second kappa shape index (κ2) is 9.16. The van der Waals surface area contributed by atoms with Gasteiger partial charge in [0.25, 0.3) is 0 Å². The number of ether oxygens (including phenoxy) is 2. The fraction of sp³-hybridized carbons (Fsp3) is 0.458. The van der Waals surface area contributed by atoms with Gasteiger partial charge in [-0.05, 0) is 61.5 Å². The molecule has 170 valence electrons. The van der Waals surface area contributed by atoms with Crippen LogP contribution >= 0.6 is 0 Å². The van der Waals surface area contributed by atoms with Crippen LogP contribution in [0.15, 0.2) is 48.5 Å². The van der Waals surface area contributed by atoms with Gasteiger partial charge >= 0.3 is 0 Å². The lowest BCUT2D eigenvalue weighted by Gasteiger charge is -2.40. The van der Waals surface area contributed by atoms with Crippen LogP contribution < -0.4 is 14.4 Å². The van der Waals surface area contributed by atoms with Gasteiger partial charge in [0.2, 0.25) is 0 Å². The number of rotatable bonds is 6. The van der Waals surface area contributed by atoms with Crippen LogP contribution in [0.1, 0.15) is 38.2 Å². The van der Waals surface area contributed by atoms with Gasteiger partial charge in [-0.25, -0.2) is 4.68 Å². The molecular weight excluding hydrogens is 404 g/mol. The van der Waals surface area contributed by atoms with Crippen molar-refractivity contribution in [2.75, 3.05) is 45.3 Å². The maximum absolute atomic E-state index is 5.76. The molecule has 3 aromatic rings. The minimum absolute atomic E-state index is 0.160. The summed E-state index contributed by atoms with van der Waals surface area (Å²) < 4.78 is 13.2. The molecular formula is C24H32N6O2. The number of hydrogen-bond acceptors (Lipinski definition) is 7. The van der Waals surface area contributed by atoms with Crippen molar-refractivity contribution in [1.29, 1.82) is 0 Å². The number of aromatic nitrogens is 4. The van der Waals surface area contributed by atoms with E-state index in [-0.39, 0.29) is 11.6 Å². The Morgan fingerprint density at radius 3 is 2.25 bits per heavy atom. The molecule has 32 heavy (non-hydrogen) atoms. The Kier molecular flexibility index (Phi) is 6.32. The third-order valence-corrected chi connectivity index (χ3v) is 5.91. The predicted molar refractivity (Wildman–Crippen MR) is 124 cm³/mol. The van der Waals surface area contributed by atoms with Crippen LogP contribution in [0.3, 0.4) is 0 Å². The van der Waals surface area contributed by atoms with Crippen LogP contribution in [-0.2, 0) is 5.54 Å². The molecule has 0 bridgehead atoms. The van der Waals surface area contributed by atoms with E-state index in [1.165, 1.54) is 5.69 Å². The fourth-order valence-corrected chi connectivity index (χ4v) is 4.27. The highest BCUT2D eigenvalue weighted by Crippen LogP contribution is 2.38. The van der Waals surface area contributed by atoms with Crippen molar-refractivity contribution < 1.29 is 9.47 Å². The SMILES string of the molecule is COc1ccc(OC)c(C(c2nnnn2C(C)(C)C)N2CCN(c3ccccc3)CC2)c1. The molecule has 0 amide bonds. The van der Waals surface area contributed by atoms with Crippen LogP contribution in [0.25, 0.3) is 0 Å². The molecule has 8 nitrogen and oxygen atoms in total. The molecule has 8 heteroatoms. The summed E-state index contributed by atoms with van der Waals surface area (Å²) in [6.45, 7) is 9.92. The molecule has 1 atom stereocenters. The number of tetrazole rings is 1. The van der Waals surface area contributed by atoms with Crippen molar-refractivity contribution >= 4 is 5.69 Å². The molecule has 1 aliphatic rings. The summed E-state index contributed by atoms with van der Waals surface area (Å²) in [7, 11) is 3.38. The average molecular weight is 437 g/mol. The molecule has 4 rings (SSSR count). The van der Waals surface area contributed by atoms with Crippen molar-refractivity contribution in [2.45, 2.75) is 32.4 Å². The molecule has 1 aliphatic heterocycles. The summed E-state index contributed by atoms with van der Waals surface area (Å²) in [5.74, 6) is 2.38. The van der Waals surface area contributed by atoms with Gasteiger partial charge in [0.1, 0.15) is 17.5 Å². The molecule has 0 radical (unpaired) electrons. The van der Waals surface area contributed by atoms with E-state index in [9.17, 15) is 0 Å². The van der Waals surface area contributed by atoms with Crippen LogP contribution in [0.5, 0.6) is 11.5 Å². The van der Waals surface area contributed by atoms with E-state index in [2.05, 4.69) is 76.4 Å². The zero-order valence-corrected chi connectivity index (χ0v) is 19.5. The number of methoxy groups -OCH3 is 2. The smallest absolute Gasteiger partial charge is 0.173 e. The minimum Gasteiger partial charge on any atom is -0.497 e. The summed E-state index contributed by atoms with van der Waals surface area (Å²) in [6, 6.07) is 16.3. The van der Waals surface area contributed by atoms with Gasteiger partial charge in [-0.2, -0.15) is 0 Å². The Labute approximate surface area is 189 Å². The average Bonchev–Trinajstić information content (AvgIpc) is 3.30. The van der Waals surface area contributed by atoms with Crippen molar-refractivity contribution in [2.24, 2.45) is 0 Å². The van der Waals surface area contributed by atoms with Crippen LogP contribution in [0.2, 0.25) is 0 Å². The molecule has 0 aliphatic carbocycles. The molecule has 0 spiro atoms. The van der Waals surface area contributed by atoms with E-state index in [0.29, 0.717) is 0 Å². The number of hydrogen-bond donors (Lipinski definition) is 0. The fourth-order valence-electron chi connectivity index (χ4n) is 4.27. The van der Waals surface area contributed by atoms with E-state index in [0.717, 1.165) is 49.1 Å². The first kappa shape index (κ1) is 22.1. The first-order valence-electron chi connectivity index (χ1n) is 11.0. The maximum atomic E-state index is 5.76. The number of piperazine rings is 1. The number of benzene rings is 2. The number of anilines is 1. The lowest BCUT2D eigenvalue weighted by molar-refractivity contribution is 0.188. The van der Waals surface area contributed by atoms with Crippen molar-refractivity contribution in [3.8, 4) is 11.5 Å². The first-order valence-corrected chi connectivity index (χ1v) is 11.0. The van der Waals surface area contributed by atoms with Gasteiger partial charge in [0, 0.05) is 37.4 Å². The molecule has 1 fully saturated rings. The highest BCUT2D eigenvalue weighted by molar-refractivity contribution is 5.47. The van der Waals surface area contributed by atoms with Crippen molar-refractivity contribution in [3.05, 3.63) is 59.9 Å². The van der Waals surface area contributed by atoms with Gasteiger partial charge in [-0.3, -0.25) is 4.90 Å². The Bertz CT molecular complexity index is 1020. The Hall–Kier alpha value is -3.13. The normalized spacial score (nSPS) is 16.1. The second-order valence-corrected chi connectivity index (χ2v) is 8.99. The van der Waals surface area contributed by atoms with Crippen LogP contribution in [0.4, 0.5) is 5.69 Å². The lowest BCUT2D eigenvalue weighted by atomic mass is 10.00. The molecule has 2 heterocycles. The van der Waals surface area contributed by atoms with E-state index >= 15 is 0 Å². The van der Waals surface area contributed by atoms with Gasteiger partial charge in [-0.15, -0.1) is 5.10 Å². The van der Waals surface area contributed by atoms with Gasteiger partial charge in [0.15, 0.2) is 5.82 Å². The standard InChI is InChI=1S/C24H32N6O2/c1-24(2,3)30-23(25-26-27-30)22(20-17-19(31-4)11-12-21(20)32-5)29-15-13-28(14-16-29)18-9-7-6-8-10-18/h6-12,17,22H,13-16H2,1-5H3. The van der Waals surface area contributed by atoms with Gasteiger partial charge < -0.3 is 14.4 Å². The van der Waals surface area contributed by atoms with E-state index in [1.807, 2.05) is 22.9 Å². The zero-order valence-electron chi connectivity index (χ0n) is 19.5. The largest absolute Gasteiger partial charge is 0.497 e. The molecule has 1 unspecified atom stereocenters. The van der Waals surface area contributed by atoms with E-state index in [1.54, 1.807) is 14.2 Å². The molecule has 0 saturated carbocycles. The maximum Gasteiger partial charge on any atom is 0.173 e. The minimum atomic E-state index is -0.255. The molecule has 2 aromatic carbocycles. The monoisotopic (exact) mass is 436 g/mol. The van der Waals surface area contributed by atoms with Gasteiger partial charge in [0.05, 0.1) is 19.8 Å².